The van der Waals surface area contributed by atoms with Crippen molar-refractivity contribution >= 4 is 32.9 Å². The van der Waals surface area contributed by atoms with Gasteiger partial charge in [0.25, 0.3) is 5.69 Å². The Bertz CT molecular complexity index is 880. The predicted octanol–water partition coefficient (Wildman–Crippen LogP) is 3.99. The van der Waals surface area contributed by atoms with Crippen LogP contribution in [0.25, 0.3) is 10.2 Å². The van der Waals surface area contributed by atoms with E-state index in [1.165, 1.54) is 24.5 Å². The van der Waals surface area contributed by atoms with Gasteiger partial charge in [-0.2, -0.15) is 0 Å². The molecule has 6 nitrogen and oxygen atoms in total. The summed E-state index contributed by atoms with van der Waals surface area (Å²) in [5, 5.41) is 12.0. The number of aromatic nitrogens is 1. The Balaban J connectivity index is 1.96. The summed E-state index contributed by atoms with van der Waals surface area (Å²) in [6, 6.07) is 9.94. The summed E-state index contributed by atoms with van der Waals surface area (Å²) in [4.78, 5) is 16.8. The summed E-state index contributed by atoms with van der Waals surface area (Å²) in [7, 11) is 3.02. The van der Waals surface area contributed by atoms with E-state index >= 15 is 0 Å². The van der Waals surface area contributed by atoms with Crippen molar-refractivity contribution in [2.75, 3.05) is 19.1 Å². The zero-order valence-electron chi connectivity index (χ0n) is 13.0. The number of para-hydroxylation sites is 1. The zero-order valence-corrected chi connectivity index (χ0v) is 13.8. The van der Waals surface area contributed by atoms with Gasteiger partial charge in [0.05, 0.1) is 34.9 Å². The van der Waals surface area contributed by atoms with Gasteiger partial charge in [-0.05, 0) is 12.1 Å². The minimum absolute atomic E-state index is 0.0354. The van der Waals surface area contributed by atoms with Gasteiger partial charge in [0, 0.05) is 13.1 Å². The van der Waals surface area contributed by atoms with Gasteiger partial charge in [-0.3, -0.25) is 10.1 Å². The minimum Gasteiger partial charge on any atom is -0.494 e. The molecule has 0 aliphatic heterocycles. The smallest absolute Gasteiger partial charge is 0.295 e. The fraction of sp³-hybridized carbons (Fsp3) is 0.188. The van der Waals surface area contributed by atoms with E-state index in [2.05, 4.69) is 4.98 Å². The number of fused-ring (bicyclic) bond motifs is 1. The number of halogens is 1. The van der Waals surface area contributed by atoms with Crippen molar-refractivity contribution < 1.29 is 14.1 Å². The lowest BCUT2D eigenvalue weighted by Crippen LogP contribution is -2.18. The molecule has 0 fully saturated rings. The topological polar surface area (TPSA) is 68.5 Å². The van der Waals surface area contributed by atoms with Crippen LogP contribution in [-0.2, 0) is 6.54 Å². The van der Waals surface area contributed by atoms with Crippen LogP contribution in [-0.4, -0.2) is 24.1 Å². The van der Waals surface area contributed by atoms with Crippen molar-refractivity contribution in [2.24, 2.45) is 0 Å². The highest BCUT2D eigenvalue weighted by Gasteiger charge is 2.22. The third kappa shape index (κ3) is 3.00. The Kier molecular flexibility index (Phi) is 4.30. The lowest BCUT2D eigenvalue weighted by Gasteiger charge is -2.18. The van der Waals surface area contributed by atoms with Crippen molar-refractivity contribution in [1.29, 1.82) is 0 Å². The van der Waals surface area contributed by atoms with Crippen molar-refractivity contribution in [1.82, 2.24) is 4.98 Å². The maximum absolute atomic E-state index is 13.8. The van der Waals surface area contributed by atoms with Crippen LogP contribution in [0, 0.1) is 15.9 Å². The Morgan fingerprint density at radius 2 is 2.12 bits per heavy atom. The number of ether oxygens (including phenoxy) is 1. The van der Waals surface area contributed by atoms with Gasteiger partial charge in [0.2, 0.25) is 0 Å². The summed E-state index contributed by atoms with van der Waals surface area (Å²) in [6.45, 7) is 0.370. The molecule has 3 aromatic rings. The van der Waals surface area contributed by atoms with Crippen LogP contribution in [0.4, 0.5) is 15.8 Å². The van der Waals surface area contributed by atoms with Crippen molar-refractivity contribution in [3.05, 3.63) is 57.3 Å². The number of nitro groups is 1. The molecule has 1 heterocycles. The van der Waals surface area contributed by atoms with Crippen LogP contribution in [0.2, 0.25) is 0 Å². The van der Waals surface area contributed by atoms with Crippen LogP contribution < -0.4 is 9.64 Å². The van der Waals surface area contributed by atoms with Gasteiger partial charge < -0.3 is 9.64 Å². The van der Waals surface area contributed by atoms with E-state index in [9.17, 15) is 14.5 Å². The van der Waals surface area contributed by atoms with Gasteiger partial charge in [-0.15, -0.1) is 11.3 Å². The molecular weight excluding hydrogens is 333 g/mol. The molecule has 0 amide bonds. The Hall–Kier alpha value is -2.74. The standard InChI is InChI=1S/C16H14FN3O3S/c1-19(9-16-18-11-5-3-4-6-15(11)24-16)12-8-14(23-2)10(17)7-13(12)20(21)22/h3-8H,9H2,1-2H3. The molecule has 0 bridgehead atoms. The van der Waals surface area contributed by atoms with E-state index in [1.54, 1.807) is 11.9 Å². The Morgan fingerprint density at radius 3 is 2.79 bits per heavy atom. The van der Waals surface area contributed by atoms with E-state index < -0.39 is 10.7 Å². The number of thiazole rings is 1. The molecule has 0 atom stereocenters. The molecule has 0 unspecified atom stereocenters. The monoisotopic (exact) mass is 347 g/mol. The molecule has 3 rings (SSSR count). The SMILES string of the molecule is COc1cc(N(C)Cc2nc3ccccc3s2)c([N+](=O)[O-])cc1F. The number of rotatable bonds is 5. The second-order valence-corrected chi connectivity index (χ2v) is 6.28. The third-order valence-electron chi connectivity index (χ3n) is 3.57. The maximum Gasteiger partial charge on any atom is 0.295 e. The highest BCUT2D eigenvalue weighted by Crippen LogP contribution is 2.35. The fourth-order valence-corrected chi connectivity index (χ4v) is 3.44. The molecule has 8 heteroatoms. The van der Waals surface area contributed by atoms with Gasteiger partial charge in [-0.1, -0.05) is 12.1 Å². The van der Waals surface area contributed by atoms with Crippen molar-refractivity contribution in [3.8, 4) is 5.75 Å². The largest absolute Gasteiger partial charge is 0.494 e. The van der Waals surface area contributed by atoms with E-state index in [0.717, 1.165) is 21.3 Å². The zero-order chi connectivity index (χ0) is 17.3. The van der Waals surface area contributed by atoms with Crippen LogP contribution in [0.15, 0.2) is 36.4 Å². The normalized spacial score (nSPS) is 10.8. The van der Waals surface area contributed by atoms with Gasteiger partial charge >= 0.3 is 0 Å². The molecule has 24 heavy (non-hydrogen) atoms. The molecule has 0 spiro atoms. The number of nitro benzene ring substituents is 1. The number of hydrogen-bond acceptors (Lipinski definition) is 6. The lowest BCUT2D eigenvalue weighted by molar-refractivity contribution is -0.384. The van der Waals surface area contributed by atoms with E-state index in [4.69, 9.17) is 4.74 Å². The molecule has 0 N–H and O–H groups in total. The van der Waals surface area contributed by atoms with E-state index in [1.807, 2.05) is 24.3 Å². The molecule has 0 aliphatic carbocycles. The summed E-state index contributed by atoms with van der Waals surface area (Å²) < 4.78 is 19.7. The Labute approximate surface area is 141 Å². The number of benzene rings is 2. The highest BCUT2D eigenvalue weighted by atomic mass is 32.1. The summed E-state index contributed by atoms with van der Waals surface area (Å²) in [5.41, 5.74) is 0.853. The average molecular weight is 347 g/mol. The molecule has 0 aliphatic rings. The van der Waals surface area contributed by atoms with Gasteiger partial charge in [0.15, 0.2) is 11.6 Å². The number of methoxy groups -OCH3 is 1. The quantitative estimate of drug-likeness (QED) is 0.516. The van der Waals surface area contributed by atoms with Crippen molar-refractivity contribution in [3.63, 3.8) is 0 Å². The molecule has 0 radical (unpaired) electrons. The number of nitrogens with zero attached hydrogens (tertiary/aromatic N) is 3. The van der Waals surface area contributed by atoms with Crippen LogP contribution in [0.1, 0.15) is 5.01 Å². The summed E-state index contributed by atoms with van der Waals surface area (Å²) >= 11 is 1.52. The molecule has 0 saturated heterocycles. The summed E-state index contributed by atoms with van der Waals surface area (Å²) in [5.74, 6) is -0.798. The molecule has 0 saturated carbocycles. The van der Waals surface area contributed by atoms with Crippen LogP contribution in [0.3, 0.4) is 0 Å². The third-order valence-corrected chi connectivity index (χ3v) is 4.59. The Morgan fingerprint density at radius 1 is 1.38 bits per heavy atom. The van der Waals surface area contributed by atoms with Crippen LogP contribution >= 0.6 is 11.3 Å². The van der Waals surface area contributed by atoms with Gasteiger partial charge in [0.1, 0.15) is 10.7 Å². The first-order valence-electron chi connectivity index (χ1n) is 7.07. The van der Waals surface area contributed by atoms with E-state index in [0.29, 0.717) is 6.54 Å². The minimum atomic E-state index is -0.763. The first-order valence-corrected chi connectivity index (χ1v) is 7.88. The maximum atomic E-state index is 13.8. The summed E-state index contributed by atoms with van der Waals surface area (Å²) in [6.07, 6.45) is 0. The molecular formula is C16H14FN3O3S. The lowest BCUT2D eigenvalue weighted by atomic mass is 10.2. The second-order valence-electron chi connectivity index (χ2n) is 5.16. The second kappa shape index (κ2) is 6.40. The first-order chi connectivity index (χ1) is 11.5. The first kappa shape index (κ1) is 16.1. The van der Waals surface area contributed by atoms with Gasteiger partial charge in [-0.25, -0.2) is 9.37 Å². The number of hydrogen-bond donors (Lipinski definition) is 0. The average Bonchev–Trinajstić information content (AvgIpc) is 2.96. The van der Waals surface area contributed by atoms with E-state index in [-0.39, 0.29) is 17.1 Å². The molecule has 2 aromatic carbocycles. The molecule has 124 valence electrons. The molecule has 1 aromatic heterocycles. The van der Waals surface area contributed by atoms with Crippen LogP contribution in [0.5, 0.6) is 5.75 Å². The predicted molar refractivity (Wildman–Crippen MR) is 91.3 cm³/mol. The number of anilines is 1. The fourth-order valence-electron chi connectivity index (χ4n) is 2.42. The van der Waals surface area contributed by atoms with Crippen molar-refractivity contribution in [2.45, 2.75) is 6.54 Å². The highest BCUT2D eigenvalue weighted by molar-refractivity contribution is 7.18.